The van der Waals surface area contributed by atoms with E-state index in [2.05, 4.69) is 18.6 Å². The van der Waals surface area contributed by atoms with Crippen LogP contribution in [0.4, 0.5) is 4.79 Å². The average molecular weight is 272 g/mol. The maximum absolute atomic E-state index is 12.3. The molecule has 0 aromatic carbocycles. The molecule has 0 amide bonds. The summed E-state index contributed by atoms with van der Waals surface area (Å²) in [4.78, 5) is 23.0. The molecule has 1 saturated heterocycles. The maximum atomic E-state index is 12.3. The zero-order chi connectivity index (χ0) is 14.6. The largest absolute Gasteiger partial charge is 0.508 e. The molecule has 0 saturated carbocycles. The van der Waals surface area contributed by atoms with E-state index in [1.807, 2.05) is 20.8 Å². The molecule has 110 valence electrons. The summed E-state index contributed by atoms with van der Waals surface area (Å²) in [5.74, 6) is 0.358. The van der Waals surface area contributed by atoms with Crippen molar-refractivity contribution >= 4 is 12.1 Å². The lowest BCUT2D eigenvalue weighted by Gasteiger charge is -2.33. The van der Waals surface area contributed by atoms with Crippen molar-refractivity contribution < 1.29 is 23.8 Å². The third-order valence-corrected chi connectivity index (χ3v) is 3.62. The molecule has 0 aliphatic carbocycles. The van der Waals surface area contributed by atoms with Gasteiger partial charge >= 0.3 is 12.1 Å². The van der Waals surface area contributed by atoms with Gasteiger partial charge in [0.1, 0.15) is 13.2 Å². The summed E-state index contributed by atoms with van der Waals surface area (Å²) in [6.07, 6.45) is -0.411. The van der Waals surface area contributed by atoms with Crippen molar-refractivity contribution in [3.63, 3.8) is 0 Å². The summed E-state index contributed by atoms with van der Waals surface area (Å²) in [6.45, 7) is 10.3. The normalized spacial score (nSPS) is 22.1. The molecular formula is C14H24O5. The number of cyclic esters (lactones) is 2. The van der Waals surface area contributed by atoms with Gasteiger partial charge in [0, 0.05) is 0 Å². The minimum Gasteiger partial charge on any atom is -0.461 e. The first kappa shape index (κ1) is 15.8. The van der Waals surface area contributed by atoms with E-state index in [0.717, 1.165) is 6.42 Å². The molecule has 0 N–H and O–H groups in total. The maximum Gasteiger partial charge on any atom is 0.508 e. The Morgan fingerprint density at radius 3 is 2.47 bits per heavy atom. The number of carbonyl (C=O) groups excluding carboxylic acids is 2. The number of ether oxygens (including phenoxy) is 3. The lowest BCUT2D eigenvalue weighted by Crippen LogP contribution is -2.38. The molecule has 5 heteroatoms. The van der Waals surface area contributed by atoms with Crippen LogP contribution in [0.3, 0.4) is 0 Å². The van der Waals surface area contributed by atoms with Crippen molar-refractivity contribution in [1.29, 1.82) is 0 Å². The van der Waals surface area contributed by atoms with Crippen LogP contribution in [0, 0.1) is 17.3 Å². The fourth-order valence-electron chi connectivity index (χ4n) is 2.18. The predicted molar refractivity (Wildman–Crippen MR) is 69.6 cm³/mol. The minimum absolute atomic E-state index is 0.0605. The second-order valence-corrected chi connectivity index (χ2v) is 6.07. The smallest absolute Gasteiger partial charge is 0.461 e. The number of hydrogen-bond donors (Lipinski definition) is 0. The van der Waals surface area contributed by atoms with Crippen LogP contribution < -0.4 is 0 Å². The molecule has 5 nitrogen and oxygen atoms in total. The number of esters is 1. The molecule has 1 heterocycles. The summed E-state index contributed by atoms with van der Waals surface area (Å²) in [5.41, 5.74) is -0.516. The summed E-state index contributed by atoms with van der Waals surface area (Å²) < 4.78 is 14.8. The summed E-state index contributed by atoms with van der Waals surface area (Å²) in [7, 11) is 0. The third kappa shape index (κ3) is 4.11. The lowest BCUT2D eigenvalue weighted by atomic mass is 9.73. The highest BCUT2D eigenvalue weighted by molar-refractivity contribution is 5.76. The van der Waals surface area contributed by atoms with Crippen LogP contribution in [0.5, 0.6) is 0 Å². The van der Waals surface area contributed by atoms with Crippen molar-refractivity contribution in [2.24, 2.45) is 17.3 Å². The van der Waals surface area contributed by atoms with Gasteiger partial charge in [-0.3, -0.25) is 4.79 Å². The standard InChI is InChI=1S/C14H24O5/c1-9(2)6-14(5,10(3)4)12(15)17-7-11-8-18-13(16)19-11/h9-11H,6-8H2,1-5H3. The molecule has 0 spiro atoms. The van der Waals surface area contributed by atoms with Crippen LogP contribution in [0.15, 0.2) is 0 Å². The first-order valence-electron chi connectivity index (χ1n) is 6.76. The fourth-order valence-corrected chi connectivity index (χ4v) is 2.18. The Bertz CT molecular complexity index is 337. The van der Waals surface area contributed by atoms with Gasteiger partial charge in [0.15, 0.2) is 6.10 Å². The Morgan fingerprint density at radius 2 is 2.05 bits per heavy atom. The van der Waals surface area contributed by atoms with Crippen LogP contribution >= 0.6 is 0 Å². The van der Waals surface area contributed by atoms with Gasteiger partial charge in [0.05, 0.1) is 5.41 Å². The van der Waals surface area contributed by atoms with Crippen molar-refractivity contribution in [1.82, 2.24) is 0 Å². The molecule has 0 aromatic rings. The van der Waals surface area contributed by atoms with Gasteiger partial charge in [-0.15, -0.1) is 0 Å². The van der Waals surface area contributed by atoms with E-state index < -0.39 is 17.7 Å². The van der Waals surface area contributed by atoms with Gasteiger partial charge in [-0.2, -0.15) is 0 Å². The molecule has 0 radical (unpaired) electrons. The molecule has 0 aromatic heterocycles. The highest BCUT2D eigenvalue weighted by Crippen LogP contribution is 2.35. The Balaban J connectivity index is 2.55. The van der Waals surface area contributed by atoms with Crippen molar-refractivity contribution in [2.75, 3.05) is 13.2 Å². The summed E-state index contributed by atoms with van der Waals surface area (Å²) in [5, 5.41) is 0. The van der Waals surface area contributed by atoms with Crippen LogP contribution in [0.1, 0.15) is 41.0 Å². The Morgan fingerprint density at radius 1 is 1.42 bits per heavy atom. The van der Waals surface area contributed by atoms with E-state index in [9.17, 15) is 9.59 Å². The Kier molecular flexibility index (Phi) is 5.20. The van der Waals surface area contributed by atoms with E-state index >= 15 is 0 Å². The second-order valence-electron chi connectivity index (χ2n) is 6.07. The van der Waals surface area contributed by atoms with Crippen LogP contribution in [-0.4, -0.2) is 31.4 Å². The number of carbonyl (C=O) groups is 2. The molecule has 1 rings (SSSR count). The summed E-state index contributed by atoms with van der Waals surface area (Å²) >= 11 is 0. The van der Waals surface area contributed by atoms with Gasteiger partial charge in [-0.05, 0) is 25.2 Å². The second kappa shape index (κ2) is 6.26. The predicted octanol–water partition coefficient (Wildman–Crippen LogP) is 2.77. The topological polar surface area (TPSA) is 61.8 Å². The molecule has 0 bridgehead atoms. The van der Waals surface area contributed by atoms with E-state index in [-0.39, 0.29) is 25.1 Å². The molecule has 1 fully saturated rings. The minimum atomic E-state index is -0.699. The molecule has 2 atom stereocenters. The van der Waals surface area contributed by atoms with E-state index in [1.54, 1.807) is 0 Å². The highest BCUT2D eigenvalue weighted by atomic mass is 16.8. The molecule has 2 unspecified atom stereocenters. The van der Waals surface area contributed by atoms with Gasteiger partial charge in [0.25, 0.3) is 0 Å². The van der Waals surface area contributed by atoms with Crippen molar-refractivity contribution in [3.8, 4) is 0 Å². The van der Waals surface area contributed by atoms with E-state index in [4.69, 9.17) is 9.47 Å². The van der Waals surface area contributed by atoms with E-state index in [1.165, 1.54) is 0 Å². The third-order valence-electron chi connectivity index (χ3n) is 3.62. The zero-order valence-corrected chi connectivity index (χ0v) is 12.4. The SMILES string of the molecule is CC(C)CC(C)(C(=O)OCC1COC(=O)O1)C(C)C. The molecule has 1 aliphatic rings. The van der Waals surface area contributed by atoms with Gasteiger partial charge < -0.3 is 14.2 Å². The van der Waals surface area contributed by atoms with Crippen LogP contribution in [0.25, 0.3) is 0 Å². The fraction of sp³-hybridized carbons (Fsp3) is 0.857. The molecule has 19 heavy (non-hydrogen) atoms. The summed E-state index contributed by atoms with van der Waals surface area (Å²) in [6, 6.07) is 0. The lowest BCUT2D eigenvalue weighted by molar-refractivity contribution is -0.161. The highest BCUT2D eigenvalue weighted by Gasteiger charge is 2.39. The van der Waals surface area contributed by atoms with E-state index in [0.29, 0.717) is 5.92 Å². The van der Waals surface area contributed by atoms with Crippen molar-refractivity contribution in [3.05, 3.63) is 0 Å². The Hall–Kier alpha value is -1.26. The zero-order valence-electron chi connectivity index (χ0n) is 12.4. The first-order chi connectivity index (χ1) is 8.75. The monoisotopic (exact) mass is 272 g/mol. The van der Waals surface area contributed by atoms with Crippen molar-refractivity contribution in [2.45, 2.75) is 47.1 Å². The average Bonchev–Trinajstić information content (AvgIpc) is 2.70. The van der Waals surface area contributed by atoms with Gasteiger partial charge in [-0.25, -0.2) is 4.79 Å². The van der Waals surface area contributed by atoms with Gasteiger partial charge in [0.2, 0.25) is 0 Å². The van der Waals surface area contributed by atoms with Crippen LogP contribution in [0.2, 0.25) is 0 Å². The first-order valence-corrected chi connectivity index (χ1v) is 6.76. The van der Waals surface area contributed by atoms with Crippen LogP contribution in [-0.2, 0) is 19.0 Å². The Labute approximate surface area is 114 Å². The number of rotatable bonds is 6. The molecular weight excluding hydrogens is 248 g/mol. The number of hydrogen-bond acceptors (Lipinski definition) is 5. The quantitative estimate of drug-likeness (QED) is 0.696. The molecule has 1 aliphatic heterocycles. The van der Waals surface area contributed by atoms with Gasteiger partial charge in [-0.1, -0.05) is 27.7 Å².